The van der Waals surface area contributed by atoms with Crippen LogP contribution in [0.25, 0.3) is 11.3 Å². The molecule has 0 radical (unpaired) electrons. The maximum absolute atomic E-state index is 11.2. The molecule has 5 heteroatoms. The fourth-order valence-corrected chi connectivity index (χ4v) is 1.52. The summed E-state index contributed by atoms with van der Waals surface area (Å²) in [7, 11) is 0. The van der Waals surface area contributed by atoms with Crippen molar-refractivity contribution in [3.8, 4) is 11.3 Å². The zero-order valence-corrected chi connectivity index (χ0v) is 10.1. The molecule has 0 fully saturated rings. The quantitative estimate of drug-likeness (QED) is 0.864. The van der Waals surface area contributed by atoms with Crippen molar-refractivity contribution in [1.29, 1.82) is 0 Å². The smallest absolute Gasteiger partial charge is 0.224 e. The molecule has 0 unspecified atom stereocenters. The first-order valence-corrected chi connectivity index (χ1v) is 5.79. The predicted octanol–water partition coefficient (Wildman–Crippen LogP) is 2.15. The minimum atomic E-state index is -0.00500. The summed E-state index contributed by atoms with van der Waals surface area (Å²) in [5.41, 5.74) is 7.89. The van der Waals surface area contributed by atoms with Gasteiger partial charge in [0.25, 0.3) is 0 Å². The van der Waals surface area contributed by atoms with Gasteiger partial charge in [-0.25, -0.2) is 0 Å². The van der Waals surface area contributed by atoms with Crippen LogP contribution in [-0.2, 0) is 11.3 Å². The molecule has 0 aliphatic carbocycles. The fraction of sp³-hybridized carbons (Fsp3) is 0.231. The number of rotatable bonds is 4. The normalized spacial score (nSPS) is 10.3. The number of anilines is 1. The molecular formula is C13H15N3O2. The summed E-state index contributed by atoms with van der Waals surface area (Å²) in [5.74, 6) is 0.642. The Morgan fingerprint density at radius 1 is 1.39 bits per heavy atom. The van der Waals surface area contributed by atoms with E-state index in [0.717, 1.165) is 16.9 Å². The van der Waals surface area contributed by atoms with E-state index in [-0.39, 0.29) is 5.91 Å². The van der Waals surface area contributed by atoms with Crippen molar-refractivity contribution in [3.63, 3.8) is 0 Å². The lowest BCUT2D eigenvalue weighted by Crippen LogP contribution is -2.08. The van der Waals surface area contributed by atoms with Crippen LogP contribution in [0.1, 0.15) is 19.1 Å². The number of aromatic nitrogens is 1. The van der Waals surface area contributed by atoms with Crippen molar-refractivity contribution in [2.75, 3.05) is 5.32 Å². The third kappa shape index (κ3) is 2.75. The Balaban J connectivity index is 2.14. The number of hydrogen-bond donors (Lipinski definition) is 2. The highest BCUT2D eigenvalue weighted by molar-refractivity contribution is 5.90. The van der Waals surface area contributed by atoms with Gasteiger partial charge in [-0.15, -0.1) is 0 Å². The van der Waals surface area contributed by atoms with E-state index >= 15 is 0 Å². The van der Waals surface area contributed by atoms with Gasteiger partial charge in [-0.05, 0) is 12.1 Å². The summed E-state index contributed by atoms with van der Waals surface area (Å²) >= 11 is 0. The summed E-state index contributed by atoms with van der Waals surface area (Å²) < 4.78 is 5.04. The van der Waals surface area contributed by atoms with Crippen LogP contribution in [0.2, 0.25) is 0 Å². The molecule has 1 amide bonds. The Bertz CT molecular complexity index is 531. The van der Waals surface area contributed by atoms with Crippen LogP contribution in [0.5, 0.6) is 0 Å². The van der Waals surface area contributed by atoms with E-state index < -0.39 is 0 Å². The van der Waals surface area contributed by atoms with Gasteiger partial charge in [-0.3, -0.25) is 4.79 Å². The molecule has 2 rings (SSSR count). The van der Waals surface area contributed by atoms with Crippen LogP contribution in [0.3, 0.4) is 0 Å². The molecule has 1 heterocycles. The van der Waals surface area contributed by atoms with Crippen LogP contribution in [0, 0.1) is 0 Å². The summed E-state index contributed by atoms with van der Waals surface area (Å²) in [4.78, 5) is 11.2. The number of carbonyl (C=O) groups is 1. The van der Waals surface area contributed by atoms with E-state index in [0.29, 0.717) is 18.7 Å². The number of nitrogens with two attached hydrogens (primary N) is 1. The first kappa shape index (κ1) is 12.3. The molecule has 2 aromatic rings. The SMILES string of the molecule is CCC(=O)Nc1ccc(-c2cc(CN)on2)cc1. The molecule has 3 N–H and O–H groups in total. The minimum Gasteiger partial charge on any atom is -0.359 e. The van der Waals surface area contributed by atoms with Crippen molar-refractivity contribution >= 4 is 11.6 Å². The van der Waals surface area contributed by atoms with Crippen molar-refractivity contribution in [2.45, 2.75) is 19.9 Å². The molecule has 0 saturated carbocycles. The molecular weight excluding hydrogens is 230 g/mol. The molecule has 94 valence electrons. The number of amides is 1. The predicted molar refractivity (Wildman–Crippen MR) is 68.8 cm³/mol. The van der Waals surface area contributed by atoms with Crippen molar-refractivity contribution in [1.82, 2.24) is 5.16 Å². The second-order valence-corrected chi connectivity index (χ2v) is 3.86. The van der Waals surface area contributed by atoms with Gasteiger partial charge in [0.05, 0.1) is 6.54 Å². The summed E-state index contributed by atoms with van der Waals surface area (Å²) in [6, 6.07) is 9.23. The van der Waals surface area contributed by atoms with E-state index in [9.17, 15) is 4.79 Å². The van der Waals surface area contributed by atoms with Gasteiger partial charge in [0.2, 0.25) is 5.91 Å². The molecule has 0 spiro atoms. The van der Waals surface area contributed by atoms with E-state index in [1.165, 1.54) is 0 Å². The second kappa shape index (κ2) is 5.46. The number of benzene rings is 1. The van der Waals surface area contributed by atoms with Gasteiger partial charge >= 0.3 is 0 Å². The lowest BCUT2D eigenvalue weighted by atomic mass is 10.1. The molecule has 18 heavy (non-hydrogen) atoms. The van der Waals surface area contributed by atoms with Crippen LogP contribution in [0.4, 0.5) is 5.69 Å². The van der Waals surface area contributed by atoms with Gasteiger partial charge in [-0.1, -0.05) is 24.2 Å². The topological polar surface area (TPSA) is 81.2 Å². The first-order chi connectivity index (χ1) is 8.72. The average Bonchev–Trinajstić information content (AvgIpc) is 2.88. The van der Waals surface area contributed by atoms with Gasteiger partial charge in [0.15, 0.2) is 5.76 Å². The standard InChI is InChI=1S/C13H15N3O2/c1-2-13(17)15-10-5-3-9(4-6-10)12-7-11(8-14)18-16-12/h3-7H,2,8,14H2,1H3,(H,15,17). The third-order valence-electron chi connectivity index (χ3n) is 2.55. The monoisotopic (exact) mass is 245 g/mol. The van der Waals surface area contributed by atoms with Crippen molar-refractivity contribution in [3.05, 3.63) is 36.1 Å². The number of hydrogen-bond acceptors (Lipinski definition) is 4. The lowest BCUT2D eigenvalue weighted by molar-refractivity contribution is -0.115. The number of carbonyl (C=O) groups excluding carboxylic acids is 1. The Morgan fingerprint density at radius 2 is 2.11 bits per heavy atom. The van der Waals surface area contributed by atoms with Crippen LogP contribution in [0.15, 0.2) is 34.9 Å². The average molecular weight is 245 g/mol. The highest BCUT2D eigenvalue weighted by Crippen LogP contribution is 2.21. The zero-order chi connectivity index (χ0) is 13.0. The highest BCUT2D eigenvalue weighted by Gasteiger charge is 2.05. The van der Waals surface area contributed by atoms with E-state index in [4.69, 9.17) is 10.3 Å². The summed E-state index contributed by atoms with van der Waals surface area (Å²) in [5, 5.41) is 6.71. The Kier molecular flexibility index (Phi) is 3.74. The second-order valence-electron chi connectivity index (χ2n) is 3.86. The Morgan fingerprint density at radius 3 is 2.67 bits per heavy atom. The van der Waals surface area contributed by atoms with Gasteiger partial charge in [0.1, 0.15) is 5.69 Å². The molecule has 0 bridgehead atoms. The molecule has 0 aliphatic rings. The first-order valence-electron chi connectivity index (χ1n) is 5.79. The van der Waals surface area contributed by atoms with E-state index in [1.54, 1.807) is 6.07 Å². The molecule has 0 saturated heterocycles. The Hall–Kier alpha value is -2.14. The molecule has 5 nitrogen and oxygen atoms in total. The molecule has 0 aliphatic heterocycles. The minimum absolute atomic E-state index is 0.00500. The number of nitrogens with one attached hydrogen (secondary N) is 1. The van der Waals surface area contributed by atoms with Crippen LogP contribution < -0.4 is 11.1 Å². The largest absolute Gasteiger partial charge is 0.359 e. The zero-order valence-electron chi connectivity index (χ0n) is 10.1. The maximum atomic E-state index is 11.2. The van der Waals surface area contributed by atoms with Gasteiger partial charge < -0.3 is 15.6 Å². The van der Waals surface area contributed by atoms with E-state index in [2.05, 4.69) is 10.5 Å². The summed E-state index contributed by atoms with van der Waals surface area (Å²) in [6.07, 6.45) is 0.463. The van der Waals surface area contributed by atoms with Crippen LogP contribution in [-0.4, -0.2) is 11.1 Å². The molecule has 1 aromatic heterocycles. The maximum Gasteiger partial charge on any atom is 0.224 e. The van der Waals surface area contributed by atoms with Crippen molar-refractivity contribution in [2.24, 2.45) is 5.73 Å². The highest BCUT2D eigenvalue weighted by atomic mass is 16.5. The van der Waals surface area contributed by atoms with Gasteiger partial charge in [-0.2, -0.15) is 0 Å². The molecule has 0 atom stereocenters. The van der Waals surface area contributed by atoms with E-state index in [1.807, 2.05) is 31.2 Å². The third-order valence-corrected chi connectivity index (χ3v) is 2.55. The summed E-state index contributed by atoms with van der Waals surface area (Å²) in [6.45, 7) is 2.14. The van der Waals surface area contributed by atoms with Crippen molar-refractivity contribution < 1.29 is 9.32 Å². The Labute approximate surface area is 105 Å². The lowest BCUT2D eigenvalue weighted by Gasteiger charge is -2.03. The van der Waals surface area contributed by atoms with Crippen LogP contribution >= 0.6 is 0 Å². The number of nitrogens with zero attached hydrogens (tertiary/aromatic N) is 1. The fourth-order valence-electron chi connectivity index (χ4n) is 1.52. The molecule has 1 aromatic carbocycles. The van der Waals surface area contributed by atoms with Gasteiger partial charge in [0, 0.05) is 23.7 Å².